The SMILES string of the molecule is CC(C)COC(=O)CC[C@H](CCC(=O)CNC(=O)CBr)C(=O)N1CC2CC(Cc3ccc([C@@H]4O[C@@H]5C[C@H]6[C@@H]7CCC8=CC(=O)C=C[C@]8(C)[C@H]7[C@@H](O)C[C@]6(C)[C@]5(C(=O)CO)O4)cc3)CC2C1. The zero-order valence-electron chi connectivity index (χ0n) is 38.3. The van der Waals surface area contributed by atoms with E-state index >= 15 is 0 Å². The molecule has 1 aromatic rings. The summed E-state index contributed by atoms with van der Waals surface area (Å²) in [6, 6.07) is 8.21. The van der Waals surface area contributed by atoms with Gasteiger partial charge < -0.3 is 34.6 Å². The van der Waals surface area contributed by atoms with Gasteiger partial charge >= 0.3 is 5.97 Å². The van der Waals surface area contributed by atoms with Gasteiger partial charge in [0.05, 0.1) is 30.7 Å². The predicted octanol–water partition coefficient (Wildman–Crippen LogP) is 5.77. The van der Waals surface area contributed by atoms with Crippen LogP contribution in [0.4, 0.5) is 0 Å². The van der Waals surface area contributed by atoms with E-state index < -0.39 is 53.2 Å². The van der Waals surface area contributed by atoms with Gasteiger partial charge in [-0.3, -0.25) is 28.8 Å². The first-order chi connectivity index (χ1) is 31.0. The number of allylic oxidation sites excluding steroid dienone is 4. The maximum absolute atomic E-state index is 14.0. The van der Waals surface area contributed by atoms with Crippen LogP contribution >= 0.6 is 15.9 Å². The molecule has 6 fully saturated rings. The van der Waals surface area contributed by atoms with Crippen LogP contribution < -0.4 is 5.32 Å². The number of carbonyl (C=O) groups excluding carboxylic acids is 6. The van der Waals surface area contributed by atoms with Crippen LogP contribution in [-0.2, 0) is 49.4 Å². The first-order valence-electron chi connectivity index (χ1n) is 24.0. The second-order valence-corrected chi connectivity index (χ2v) is 21.7. The number of aliphatic hydroxyl groups is 2. The fourth-order valence-corrected chi connectivity index (χ4v) is 13.9. The summed E-state index contributed by atoms with van der Waals surface area (Å²) in [5, 5.41) is 25.1. The lowest BCUT2D eigenvalue weighted by molar-refractivity contribution is -0.201. The van der Waals surface area contributed by atoms with E-state index in [1.54, 1.807) is 12.2 Å². The van der Waals surface area contributed by atoms with Gasteiger partial charge in [-0.25, -0.2) is 0 Å². The molecule has 0 bridgehead atoms. The number of likely N-dealkylation sites (tertiary alicyclic amines) is 1. The Labute approximate surface area is 391 Å². The molecule has 2 unspecified atom stereocenters. The molecule has 2 amide bonds. The molecule has 0 aromatic heterocycles. The molecule has 2 aliphatic heterocycles. The molecule has 7 aliphatic rings. The average molecular weight is 964 g/mol. The fraction of sp³-hybridized carbons (Fsp3) is 0.686. The molecule has 8 rings (SSSR count). The number of alkyl halides is 1. The molecule has 0 spiro atoms. The van der Waals surface area contributed by atoms with Gasteiger partial charge in [0.1, 0.15) is 6.61 Å². The number of ketones is 3. The number of halogens is 1. The lowest BCUT2D eigenvalue weighted by Crippen LogP contribution is -2.63. The lowest BCUT2D eigenvalue weighted by atomic mass is 9.46. The van der Waals surface area contributed by atoms with Crippen molar-refractivity contribution in [2.24, 2.45) is 58.2 Å². The largest absolute Gasteiger partial charge is 0.465 e. The zero-order chi connectivity index (χ0) is 46.4. The molecule has 14 heteroatoms. The second kappa shape index (κ2) is 19.2. The van der Waals surface area contributed by atoms with Crippen molar-refractivity contribution in [3.05, 3.63) is 59.2 Å². The third-order valence-electron chi connectivity index (χ3n) is 16.7. The van der Waals surface area contributed by atoms with Crippen molar-refractivity contribution < 1.29 is 53.2 Å². The van der Waals surface area contributed by atoms with E-state index in [0.29, 0.717) is 63.1 Å². The summed E-state index contributed by atoms with van der Waals surface area (Å²) in [7, 11) is 0. The van der Waals surface area contributed by atoms with E-state index in [1.165, 1.54) is 5.56 Å². The number of hydrogen-bond acceptors (Lipinski definition) is 11. The predicted molar refractivity (Wildman–Crippen MR) is 243 cm³/mol. The summed E-state index contributed by atoms with van der Waals surface area (Å²) in [5.74, 6) is -0.314. The molecular formula is C51H67BrN2O11. The third-order valence-corrected chi connectivity index (χ3v) is 17.2. The van der Waals surface area contributed by atoms with Gasteiger partial charge in [0.2, 0.25) is 11.8 Å². The molecule has 1 aromatic carbocycles. The van der Waals surface area contributed by atoms with E-state index in [9.17, 15) is 39.0 Å². The molecule has 354 valence electrons. The monoisotopic (exact) mass is 962 g/mol. The Morgan fingerprint density at radius 3 is 2.40 bits per heavy atom. The quantitative estimate of drug-likeness (QED) is 0.127. The Bertz CT molecular complexity index is 2070. The van der Waals surface area contributed by atoms with Gasteiger partial charge in [0, 0.05) is 54.2 Å². The topological polar surface area (TPSA) is 186 Å². The van der Waals surface area contributed by atoms with Crippen LogP contribution in [0, 0.1) is 58.2 Å². The number of carbonyl (C=O) groups is 6. The van der Waals surface area contributed by atoms with Crippen molar-refractivity contribution in [3.63, 3.8) is 0 Å². The van der Waals surface area contributed by atoms with Gasteiger partial charge in [-0.15, -0.1) is 0 Å². The average Bonchev–Trinajstić information content (AvgIpc) is 4.03. The van der Waals surface area contributed by atoms with Crippen LogP contribution in [0.15, 0.2) is 48.1 Å². The number of esters is 1. The summed E-state index contributed by atoms with van der Waals surface area (Å²) >= 11 is 3.08. The number of amides is 2. The highest BCUT2D eigenvalue weighted by molar-refractivity contribution is 9.09. The highest BCUT2D eigenvalue weighted by atomic mass is 79.9. The molecule has 12 atom stereocenters. The molecule has 2 saturated heterocycles. The molecule has 0 radical (unpaired) electrons. The van der Waals surface area contributed by atoms with Gasteiger partial charge in [-0.1, -0.05) is 79.5 Å². The fourth-order valence-electron chi connectivity index (χ4n) is 13.7. The molecule has 2 heterocycles. The van der Waals surface area contributed by atoms with Crippen LogP contribution in [0.3, 0.4) is 0 Å². The number of ether oxygens (including phenoxy) is 3. The minimum atomic E-state index is -1.41. The lowest BCUT2D eigenvalue weighted by Gasteiger charge is -2.59. The molecule has 4 saturated carbocycles. The number of fused-ring (bicyclic) bond motifs is 8. The zero-order valence-corrected chi connectivity index (χ0v) is 39.9. The van der Waals surface area contributed by atoms with Gasteiger partial charge in [-0.2, -0.15) is 0 Å². The van der Waals surface area contributed by atoms with E-state index in [0.717, 1.165) is 43.2 Å². The highest BCUT2D eigenvalue weighted by Crippen LogP contribution is 2.70. The van der Waals surface area contributed by atoms with Crippen molar-refractivity contribution in [1.29, 1.82) is 0 Å². The van der Waals surface area contributed by atoms with Crippen LogP contribution in [0.5, 0.6) is 0 Å². The minimum absolute atomic E-state index is 0.0153. The number of hydrogen-bond donors (Lipinski definition) is 3. The number of nitrogens with zero attached hydrogens (tertiary/aromatic N) is 1. The van der Waals surface area contributed by atoms with Crippen molar-refractivity contribution >= 4 is 51.1 Å². The maximum Gasteiger partial charge on any atom is 0.305 e. The summed E-state index contributed by atoms with van der Waals surface area (Å²) in [6.07, 6.45) is 9.41. The standard InChI is InChI=1S/C51H67BrN2O11/c1-29(2)28-63-45(61)14-10-32(9-12-38(57)24-53-44(60)23-52)47(62)54-25-34-18-31(19-35(34)26-54)17-30-5-7-33(8-6-30)48-64-43-21-40-39-13-11-36-20-37(56)15-16-49(36,3)46(39)41(58)22-50(40,4)51(43,65-48)42(59)27-55/h5-8,15-16,20,29,31-32,34-35,39-41,43,46,48,55,58H,9-14,17-19,21-28H2,1-4H3,(H,53,60)/t31?,32-,34?,35?,39-,40-,41-,43+,46+,48+,49-,50-,51+/m0/s1. The number of benzene rings is 1. The van der Waals surface area contributed by atoms with Crippen molar-refractivity contribution in [2.45, 2.75) is 122 Å². The summed E-state index contributed by atoms with van der Waals surface area (Å²) in [6.45, 7) is 8.96. The van der Waals surface area contributed by atoms with Crippen molar-refractivity contribution in [3.8, 4) is 0 Å². The smallest absolute Gasteiger partial charge is 0.305 e. The normalized spacial score (nSPS) is 36.0. The van der Waals surface area contributed by atoms with Gasteiger partial charge in [0.15, 0.2) is 29.2 Å². The Morgan fingerprint density at radius 2 is 1.72 bits per heavy atom. The van der Waals surface area contributed by atoms with E-state index in [-0.39, 0.29) is 77.7 Å². The van der Waals surface area contributed by atoms with Crippen molar-refractivity contribution in [1.82, 2.24) is 10.2 Å². The highest BCUT2D eigenvalue weighted by Gasteiger charge is 2.76. The number of nitrogens with one attached hydrogen (secondary N) is 1. The maximum atomic E-state index is 14.0. The van der Waals surface area contributed by atoms with Crippen molar-refractivity contribution in [2.75, 3.05) is 38.2 Å². The van der Waals surface area contributed by atoms with Gasteiger partial charge in [0.25, 0.3) is 0 Å². The first kappa shape index (κ1) is 47.9. The van der Waals surface area contributed by atoms with E-state index in [1.807, 2.05) is 43.9 Å². The molecule has 3 N–H and O–H groups in total. The van der Waals surface area contributed by atoms with Crippen LogP contribution in [0.1, 0.15) is 109 Å². The second-order valence-electron chi connectivity index (χ2n) is 21.2. The van der Waals surface area contributed by atoms with E-state index in [2.05, 4.69) is 40.3 Å². The molecular weight excluding hydrogens is 896 g/mol. The molecule has 65 heavy (non-hydrogen) atoms. The van der Waals surface area contributed by atoms with E-state index in [4.69, 9.17) is 14.2 Å². The summed E-state index contributed by atoms with van der Waals surface area (Å²) in [4.78, 5) is 79.0. The molecule has 13 nitrogen and oxygen atoms in total. The van der Waals surface area contributed by atoms with Crippen LogP contribution in [0.2, 0.25) is 0 Å². The third kappa shape index (κ3) is 9.12. The minimum Gasteiger partial charge on any atom is -0.465 e. The number of aliphatic hydroxyl groups excluding tert-OH is 2. The Kier molecular flexibility index (Phi) is 14.2. The Morgan fingerprint density at radius 1 is 1.02 bits per heavy atom. The Balaban J connectivity index is 0.871. The summed E-state index contributed by atoms with van der Waals surface area (Å²) in [5.41, 5.74) is 0.422. The first-order valence-corrected chi connectivity index (χ1v) is 25.1. The molecule has 5 aliphatic carbocycles. The summed E-state index contributed by atoms with van der Waals surface area (Å²) < 4.78 is 18.9. The van der Waals surface area contributed by atoms with Crippen LogP contribution in [0.25, 0.3) is 0 Å². The van der Waals surface area contributed by atoms with Crippen LogP contribution in [-0.4, -0.2) is 106 Å². The number of Topliss-reactive ketones (excluding diaryl/α,β-unsaturated/α-hetero) is 2. The number of rotatable bonds is 17. The Hall–Kier alpha value is -3.56. The van der Waals surface area contributed by atoms with Gasteiger partial charge in [-0.05, 0) is 111 Å².